The van der Waals surface area contributed by atoms with Crippen LogP contribution in [-0.2, 0) is 17.9 Å². The SMILES string of the molecule is CCCN(CC(=O)N(Cc1ccc(F)cc1)Cc1sccc1C)C(=O)c1cc(Cl)cc(Cl)c1. The highest BCUT2D eigenvalue weighted by Crippen LogP contribution is 2.22. The predicted octanol–water partition coefficient (Wildman–Crippen LogP) is 6.58. The van der Waals surface area contributed by atoms with Gasteiger partial charge in [-0.2, -0.15) is 0 Å². The fourth-order valence-electron chi connectivity index (χ4n) is 3.43. The van der Waals surface area contributed by atoms with E-state index in [1.807, 2.05) is 25.3 Å². The van der Waals surface area contributed by atoms with Gasteiger partial charge in [0, 0.05) is 33.6 Å². The number of thiophene rings is 1. The number of carbonyl (C=O) groups is 2. The number of halogens is 3. The Hall–Kier alpha value is -2.41. The summed E-state index contributed by atoms with van der Waals surface area (Å²) in [6.07, 6.45) is 0.690. The van der Waals surface area contributed by atoms with Crippen LogP contribution in [0.5, 0.6) is 0 Å². The van der Waals surface area contributed by atoms with E-state index >= 15 is 0 Å². The van der Waals surface area contributed by atoms with E-state index in [1.54, 1.807) is 46.6 Å². The number of aryl methyl sites for hydroxylation is 1. The molecule has 0 radical (unpaired) electrons. The number of nitrogens with zero attached hydrogens (tertiary/aromatic N) is 2. The van der Waals surface area contributed by atoms with Gasteiger partial charge in [0.05, 0.1) is 6.54 Å². The lowest BCUT2D eigenvalue weighted by Gasteiger charge is -2.28. The van der Waals surface area contributed by atoms with Gasteiger partial charge in [-0.25, -0.2) is 4.39 Å². The van der Waals surface area contributed by atoms with Crippen molar-refractivity contribution in [3.63, 3.8) is 0 Å². The Labute approximate surface area is 207 Å². The quantitative estimate of drug-likeness (QED) is 0.328. The van der Waals surface area contributed by atoms with E-state index in [4.69, 9.17) is 23.2 Å². The highest BCUT2D eigenvalue weighted by Gasteiger charge is 2.23. The van der Waals surface area contributed by atoms with E-state index in [0.29, 0.717) is 41.7 Å². The molecule has 0 N–H and O–H groups in total. The number of hydrogen-bond donors (Lipinski definition) is 0. The van der Waals surface area contributed by atoms with Gasteiger partial charge in [0.2, 0.25) is 5.91 Å². The summed E-state index contributed by atoms with van der Waals surface area (Å²) in [6, 6.07) is 12.8. The molecule has 0 aliphatic heterocycles. The molecule has 0 saturated heterocycles. The lowest BCUT2D eigenvalue weighted by atomic mass is 10.1. The summed E-state index contributed by atoms with van der Waals surface area (Å²) in [4.78, 5) is 30.9. The lowest BCUT2D eigenvalue weighted by molar-refractivity contribution is -0.133. The molecule has 3 rings (SSSR count). The van der Waals surface area contributed by atoms with Gasteiger partial charge in [-0.1, -0.05) is 42.3 Å². The maximum Gasteiger partial charge on any atom is 0.254 e. The smallest absolute Gasteiger partial charge is 0.254 e. The van der Waals surface area contributed by atoms with Crippen LogP contribution >= 0.6 is 34.5 Å². The van der Waals surface area contributed by atoms with Crippen molar-refractivity contribution in [1.82, 2.24) is 9.80 Å². The Bertz CT molecular complexity index is 1100. The minimum absolute atomic E-state index is 0.0809. The van der Waals surface area contributed by atoms with Gasteiger partial charge in [0.25, 0.3) is 5.91 Å². The van der Waals surface area contributed by atoms with Crippen molar-refractivity contribution >= 4 is 46.4 Å². The molecule has 0 unspecified atom stereocenters. The fraction of sp³-hybridized carbons (Fsp3) is 0.280. The maximum absolute atomic E-state index is 13.4. The first-order chi connectivity index (χ1) is 15.8. The maximum atomic E-state index is 13.4. The van der Waals surface area contributed by atoms with Gasteiger partial charge in [-0.3, -0.25) is 9.59 Å². The van der Waals surface area contributed by atoms with Crippen LogP contribution in [0.1, 0.15) is 39.7 Å². The molecular weight excluding hydrogens is 482 g/mol. The molecule has 174 valence electrons. The standard InChI is InChI=1S/C25H25Cl2FN2O2S/c1-3-9-29(25(32)19-11-20(26)13-21(27)12-19)16-24(31)30(15-23-17(2)8-10-33-23)14-18-4-6-22(28)7-5-18/h4-8,10-13H,3,9,14-16H2,1-2H3. The zero-order valence-corrected chi connectivity index (χ0v) is 20.8. The first-order valence-corrected chi connectivity index (χ1v) is 12.2. The Morgan fingerprint density at radius 2 is 1.64 bits per heavy atom. The van der Waals surface area contributed by atoms with Crippen LogP contribution in [0.3, 0.4) is 0 Å². The molecule has 1 heterocycles. The van der Waals surface area contributed by atoms with E-state index in [0.717, 1.165) is 16.0 Å². The van der Waals surface area contributed by atoms with Crippen LogP contribution in [-0.4, -0.2) is 34.7 Å². The molecule has 0 bridgehead atoms. The summed E-state index contributed by atoms with van der Waals surface area (Å²) in [7, 11) is 0. The molecule has 8 heteroatoms. The van der Waals surface area contributed by atoms with Gasteiger partial charge < -0.3 is 9.80 Å². The number of benzene rings is 2. The average molecular weight is 507 g/mol. The molecule has 3 aromatic rings. The van der Waals surface area contributed by atoms with Crippen LogP contribution in [0.2, 0.25) is 10.0 Å². The molecular formula is C25H25Cl2FN2O2S. The summed E-state index contributed by atoms with van der Waals surface area (Å²) in [6.45, 7) is 5.01. The Kier molecular flexibility index (Phi) is 8.89. The van der Waals surface area contributed by atoms with Crippen LogP contribution < -0.4 is 0 Å². The van der Waals surface area contributed by atoms with Crippen LogP contribution in [0.25, 0.3) is 0 Å². The summed E-state index contributed by atoms with van der Waals surface area (Å²) < 4.78 is 13.4. The topological polar surface area (TPSA) is 40.6 Å². The molecule has 2 amide bonds. The first-order valence-electron chi connectivity index (χ1n) is 10.6. The number of amides is 2. The third-order valence-electron chi connectivity index (χ3n) is 5.16. The number of carbonyl (C=O) groups excluding carboxylic acids is 2. The molecule has 0 spiro atoms. The summed E-state index contributed by atoms with van der Waals surface area (Å²) >= 11 is 13.7. The van der Waals surface area contributed by atoms with E-state index in [-0.39, 0.29) is 24.2 Å². The van der Waals surface area contributed by atoms with Crippen LogP contribution in [0, 0.1) is 12.7 Å². The molecule has 0 atom stereocenters. The minimum atomic E-state index is -0.328. The zero-order valence-electron chi connectivity index (χ0n) is 18.5. The summed E-state index contributed by atoms with van der Waals surface area (Å²) in [5, 5.41) is 2.71. The molecule has 2 aromatic carbocycles. The van der Waals surface area contributed by atoms with Crippen LogP contribution in [0.15, 0.2) is 53.9 Å². The molecule has 0 aliphatic carbocycles. The highest BCUT2D eigenvalue weighted by atomic mass is 35.5. The normalized spacial score (nSPS) is 10.8. The third kappa shape index (κ3) is 7.03. The predicted molar refractivity (Wildman–Crippen MR) is 132 cm³/mol. The van der Waals surface area contributed by atoms with Gasteiger partial charge in [0.1, 0.15) is 12.4 Å². The van der Waals surface area contributed by atoms with Crippen molar-refractivity contribution in [1.29, 1.82) is 0 Å². The molecule has 0 saturated carbocycles. The van der Waals surface area contributed by atoms with Crippen molar-refractivity contribution in [2.24, 2.45) is 0 Å². The first kappa shape index (κ1) is 25.2. The molecule has 33 heavy (non-hydrogen) atoms. The molecule has 0 aliphatic rings. The lowest BCUT2D eigenvalue weighted by Crippen LogP contribution is -2.42. The van der Waals surface area contributed by atoms with Gasteiger partial charge in [-0.15, -0.1) is 11.3 Å². The van der Waals surface area contributed by atoms with Crippen molar-refractivity contribution < 1.29 is 14.0 Å². The summed E-state index contributed by atoms with van der Waals surface area (Å²) in [5.41, 5.74) is 2.26. The minimum Gasteiger partial charge on any atom is -0.332 e. The Morgan fingerprint density at radius 1 is 0.970 bits per heavy atom. The van der Waals surface area contributed by atoms with E-state index < -0.39 is 0 Å². The second-order valence-electron chi connectivity index (χ2n) is 7.79. The fourth-order valence-corrected chi connectivity index (χ4v) is 4.87. The molecule has 0 fully saturated rings. The van der Waals surface area contributed by atoms with Gasteiger partial charge in [0.15, 0.2) is 0 Å². The van der Waals surface area contributed by atoms with E-state index in [1.165, 1.54) is 17.0 Å². The Morgan fingerprint density at radius 3 is 2.21 bits per heavy atom. The Balaban J connectivity index is 1.83. The van der Waals surface area contributed by atoms with Gasteiger partial charge >= 0.3 is 0 Å². The monoisotopic (exact) mass is 506 g/mol. The summed E-state index contributed by atoms with van der Waals surface area (Å²) in [5.74, 6) is -0.823. The van der Waals surface area contributed by atoms with E-state index in [2.05, 4.69) is 0 Å². The van der Waals surface area contributed by atoms with Crippen LogP contribution in [0.4, 0.5) is 4.39 Å². The number of hydrogen-bond acceptors (Lipinski definition) is 3. The van der Waals surface area contributed by atoms with Crippen molar-refractivity contribution in [3.8, 4) is 0 Å². The van der Waals surface area contributed by atoms with Crippen molar-refractivity contribution in [2.45, 2.75) is 33.4 Å². The second kappa shape index (κ2) is 11.6. The third-order valence-corrected chi connectivity index (χ3v) is 6.60. The number of rotatable bonds is 9. The molecule has 1 aromatic heterocycles. The molecule has 4 nitrogen and oxygen atoms in total. The zero-order chi connectivity index (χ0) is 24.0. The van der Waals surface area contributed by atoms with Crippen molar-refractivity contribution in [2.75, 3.05) is 13.1 Å². The second-order valence-corrected chi connectivity index (χ2v) is 9.66. The van der Waals surface area contributed by atoms with Crippen molar-refractivity contribution in [3.05, 3.63) is 91.3 Å². The van der Waals surface area contributed by atoms with Gasteiger partial charge in [-0.05, 0) is 66.2 Å². The average Bonchev–Trinajstić information content (AvgIpc) is 3.17. The van der Waals surface area contributed by atoms with E-state index in [9.17, 15) is 14.0 Å². The largest absolute Gasteiger partial charge is 0.332 e. The highest BCUT2D eigenvalue weighted by molar-refractivity contribution is 7.10.